The van der Waals surface area contributed by atoms with Crippen LogP contribution in [0.1, 0.15) is 52.7 Å². The highest BCUT2D eigenvalue weighted by atomic mass is 16.6. The lowest BCUT2D eigenvalue weighted by Gasteiger charge is -2.27. The van der Waals surface area contributed by atoms with Gasteiger partial charge in [-0.05, 0) is 52.7 Å². The van der Waals surface area contributed by atoms with Gasteiger partial charge in [-0.25, -0.2) is 0 Å². The Labute approximate surface area is 220 Å². The molecule has 206 valence electrons. The largest absolute Gasteiger partial charge is 0.459 e. The standard InChI is InChI=1S/C27H42N4O6/c1-26(2,3)36-24(33)19-30-13-11-29(18-22-9-7-21(8-10-22)17-23(32)28-35)12-14-31(16-15-30)20-25(34)37-27(4,5)6/h7-10H,11-20H2,1-6H3. The predicted molar refractivity (Wildman–Crippen MR) is 141 cm³/mol. The Hall–Kier alpha value is -2.69. The summed E-state index contributed by atoms with van der Waals surface area (Å²) in [5.41, 5.74) is 0.700. The summed E-state index contributed by atoms with van der Waals surface area (Å²) in [5.74, 6) is -1.23. The van der Waals surface area contributed by atoms with E-state index in [-0.39, 0.29) is 31.4 Å². The van der Waals surface area contributed by atoms with Crippen LogP contribution in [-0.4, -0.2) is 96.1 Å². The van der Waals surface area contributed by atoms with Gasteiger partial charge in [-0.1, -0.05) is 24.3 Å². The van der Waals surface area contributed by atoms with Gasteiger partial charge >= 0.3 is 11.9 Å². The van der Waals surface area contributed by atoms with Crippen LogP contribution in [-0.2, 0) is 36.8 Å². The van der Waals surface area contributed by atoms with E-state index < -0.39 is 17.1 Å². The van der Waals surface area contributed by atoms with Crippen LogP contribution in [0.5, 0.6) is 0 Å². The van der Waals surface area contributed by atoms with Crippen LogP contribution in [0, 0.1) is 4.91 Å². The second-order valence-electron chi connectivity index (χ2n) is 11.5. The average molecular weight is 519 g/mol. The summed E-state index contributed by atoms with van der Waals surface area (Å²) in [6.07, 6.45) is -0.00720. The highest BCUT2D eigenvalue weighted by molar-refractivity contribution is 5.79. The number of nitroso groups, excluding NO2 is 1. The van der Waals surface area contributed by atoms with Gasteiger partial charge in [0.2, 0.25) is 0 Å². The zero-order chi connectivity index (χ0) is 27.6. The third-order valence-corrected chi connectivity index (χ3v) is 5.63. The molecule has 1 aliphatic heterocycles. The molecule has 1 saturated heterocycles. The van der Waals surface area contributed by atoms with Crippen molar-refractivity contribution < 1.29 is 23.9 Å². The Bertz CT molecular complexity index is 878. The Kier molecular flexibility index (Phi) is 11.3. The van der Waals surface area contributed by atoms with Crippen molar-refractivity contribution >= 4 is 17.8 Å². The number of ether oxygens (including phenoxy) is 2. The zero-order valence-electron chi connectivity index (χ0n) is 23.1. The summed E-state index contributed by atoms with van der Waals surface area (Å²) in [4.78, 5) is 53.1. The SMILES string of the molecule is CC(C)(C)OC(=O)CN1CCN(CC(=O)OC(C)(C)C)CCN(Cc2ccc(CC(=O)N=O)cc2)CC1. The lowest BCUT2D eigenvalue weighted by molar-refractivity contribution is -0.158. The molecule has 0 unspecified atom stereocenters. The van der Waals surface area contributed by atoms with Crippen molar-refractivity contribution in [2.75, 3.05) is 52.4 Å². The van der Waals surface area contributed by atoms with Gasteiger partial charge in [-0.15, -0.1) is 4.91 Å². The molecule has 1 fully saturated rings. The van der Waals surface area contributed by atoms with Crippen molar-refractivity contribution in [2.24, 2.45) is 5.18 Å². The fourth-order valence-electron chi connectivity index (χ4n) is 4.00. The second-order valence-corrected chi connectivity index (χ2v) is 11.5. The van der Waals surface area contributed by atoms with Crippen molar-refractivity contribution in [1.82, 2.24) is 14.7 Å². The maximum atomic E-state index is 12.5. The van der Waals surface area contributed by atoms with Gasteiger partial charge in [0.1, 0.15) is 11.2 Å². The molecule has 1 heterocycles. The van der Waals surface area contributed by atoms with E-state index in [0.717, 1.165) is 24.2 Å². The predicted octanol–water partition coefficient (Wildman–Crippen LogP) is 2.63. The number of rotatable bonds is 8. The van der Waals surface area contributed by atoms with E-state index in [1.165, 1.54) is 0 Å². The quantitative estimate of drug-likeness (QED) is 0.379. The van der Waals surface area contributed by atoms with Gasteiger partial charge in [-0.3, -0.25) is 29.1 Å². The van der Waals surface area contributed by atoms with Crippen molar-refractivity contribution in [3.05, 3.63) is 40.3 Å². The lowest BCUT2D eigenvalue weighted by atomic mass is 10.1. The first kappa shape index (κ1) is 30.5. The van der Waals surface area contributed by atoms with Crippen molar-refractivity contribution in [3.8, 4) is 0 Å². The van der Waals surface area contributed by atoms with Gasteiger partial charge in [0.15, 0.2) is 0 Å². The molecule has 0 spiro atoms. The van der Waals surface area contributed by atoms with Crippen LogP contribution in [0.25, 0.3) is 0 Å². The van der Waals surface area contributed by atoms with Crippen molar-refractivity contribution in [1.29, 1.82) is 0 Å². The molecular formula is C27H42N4O6. The number of nitrogens with zero attached hydrogens (tertiary/aromatic N) is 4. The number of hydrogen-bond donors (Lipinski definition) is 0. The monoisotopic (exact) mass is 518 g/mol. The molecule has 0 N–H and O–H groups in total. The minimum Gasteiger partial charge on any atom is -0.459 e. The second kappa shape index (κ2) is 13.7. The Morgan fingerprint density at radius 2 is 1.08 bits per heavy atom. The number of carbonyl (C=O) groups is 3. The molecule has 0 radical (unpaired) electrons. The van der Waals surface area contributed by atoms with Crippen LogP contribution in [0.3, 0.4) is 0 Å². The third-order valence-electron chi connectivity index (χ3n) is 5.63. The molecular weight excluding hydrogens is 476 g/mol. The summed E-state index contributed by atoms with van der Waals surface area (Å²) >= 11 is 0. The molecule has 1 aromatic carbocycles. The summed E-state index contributed by atoms with van der Waals surface area (Å²) in [7, 11) is 0. The number of hydrogen-bond acceptors (Lipinski definition) is 9. The summed E-state index contributed by atoms with van der Waals surface area (Å²) < 4.78 is 11.1. The third kappa shape index (κ3) is 12.9. The van der Waals surface area contributed by atoms with Gasteiger partial charge in [0, 0.05) is 51.0 Å². The molecule has 1 amide bonds. The van der Waals surface area contributed by atoms with Gasteiger partial charge in [-0.2, -0.15) is 0 Å². The normalized spacial score (nSPS) is 16.8. The van der Waals surface area contributed by atoms with Gasteiger partial charge in [0.05, 0.1) is 19.5 Å². The van der Waals surface area contributed by atoms with E-state index in [1.54, 1.807) is 0 Å². The van der Waals surface area contributed by atoms with Crippen molar-refractivity contribution in [2.45, 2.75) is 65.7 Å². The van der Waals surface area contributed by atoms with Crippen LogP contribution in [0.4, 0.5) is 0 Å². The molecule has 0 atom stereocenters. The maximum absolute atomic E-state index is 12.5. The lowest BCUT2D eigenvalue weighted by Crippen LogP contribution is -2.42. The highest BCUT2D eigenvalue weighted by Crippen LogP contribution is 2.13. The molecule has 37 heavy (non-hydrogen) atoms. The molecule has 10 heteroatoms. The van der Waals surface area contributed by atoms with E-state index in [4.69, 9.17) is 9.47 Å². The molecule has 1 aliphatic rings. The number of amides is 1. The van der Waals surface area contributed by atoms with Crippen LogP contribution >= 0.6 is 0 Å². The summed E-state index contributed by atoms with van der Waals surface area (Å²) in [6.45, 7) is 16.2. The first-order valence-corrected chi connectivity index (χ1v) is 12.8. The van der Waals surface area contributed by atoms with E-state index in [2.05, 4.69) is 19.9 Å². The Morgan fingerprint density at radius 3 is 1.46 bits per heavy atom. The van der Waals surface area contributed by atoms with E-state index in [0.29, 0.717) is 32.7 Å². The van der Waals surface area contributed by atoms with Crippen LogP contribution in [0.15, 0.2) is 29.4 Å². The Balaban J connectivity index is 2.10. The number of benzene rings is 1. The molecule has 2 rings (SSSR count). The highest BCUT2D eigenvalue weighted by Gasteiger charge is 2.24. The maximum Gasteiger partial charge on any atom is 0.320 e. The molecule has 1 aromatic rings. The average Bonchev–Trinajstić information content (AvgIpc) is 2.84. The van der Waals surface area contributed by atoms with Crippen LogP contribution < -0.4 is 0 Å². The minimum atomic E-state index is -0.692. The fourth-order valence-corrected chi connectivity index (χ4v) is 4.00. The Morgan fingerprint density at radius 1 is 0.703 bits per heavy atom. The first-order chi connectivity index (χ1) is 17.2. The topological polar surface area (TPSA) is 109 Å². The zero-order valence-corrected chi connectivity index (χ0v) is 23.1. The number of carbonyl (C=O) groups excluding carboxylic acids is 3. The van der Waals surface area contributed by atoms with Crippen molar-refractivity contribution in [3.63, 3.8) is 0 Å². The van der Waals surface area contributed by atoms with Crippen LogP contribution in [0.2, 0.25) is 0 Å². The molecule has 0 aromatic heterocycles. The molecule has 10 nitrogen and oxygen atoms in total. The van der Waals surface area contributed by atoms with E-state index in [9.17, 15) is 19.3 Å². The van der Waals surface area contributed by atoms with E-state index in [1.807, 2.05) is 65.8 Å². The summed E-state index contributed by atoms with van der Waals surface area (Å²) in [5, 5.41) is 2.45. The summed E-state index contributed by atoms with van der Waals surface area (Å²) in [6, 6.07) is 7.55. The first-order valence-electron chi connectivity index (χ1n) is 12.8. The van der Waals surface area contributed by atoms with E-state index >= 15 is 0 Å². The number of esters is 2. The smallest absolute Gasteiger partial charge is 0.320 e. The fraction of sp³-hybridized carbons (Fsp3) is 0.667. The van der Waals surface area contributed by atoms with Gasteiger partial charge < -0.3 is 9.47 Å². The molecule has 0 bridgehead atoms. The minimum absolute atomic E-state index is 0.00720. The molecule has 0 saturated carbocycles. The van der Waals surface area contributed by atoms with Gasteiger partial charge in [0.25, 0.3) is 5.91 Å². The molecule has 0 aliphatic carbocycles.